The van der Waals surface area contributed by atoms with Gasteiger partial charge in [0.1, 0.15) is 18.3 Å². The molecular formula is C30H43FN4O3. The van der Waals surface area contributed by atoms with E-state index < -0.39 is 24.3 Å². The average Bonchev–Trinajstić information content (AvgIpc) is 3.53. The lowest BCUT2D eigenvalue weighted by Gasteiger charge is -2.45. The smallest absolute Gasteiger partial charge is 0.246 e. The first-order chi connectivity index (χ1) is 18.4. The first-order valence-electron chi connectivity index (χ1n) is 14.7. The predicted octanol–water partition coefficient (Wildman–Crippen LogP) is 3.52. The molecule has 208 valence electrons. The molecule has 3 fully saturated rings. The van der Waals surface area contributed by atoms with Gasteiger partial charge in [-0.25, -0.2) is 4.39 Å². The Morgan fingerprint density at radius 2 is 1.82 bits per heavy atom. The first-order valence-corrected chi connectivity index (χ1v) is 14.7. The van der Waals surface area contributed by atoms with Crippen molar-refractivity contribution in [3.63, 3.8) is 0 Å². The molecule has 6 atom stereocenters. The number of hydrogen-bond donors (Lipinski definition) is 2. The molecule has 0 unspecified atom stereocenters. The average molecular weight is 527 g/mol. The number of alkyl halides is 1. The molecule has 2 saturated heterocycles. The minimum absolute atomic E-state index is 0.0755. The Kier molecular flexibility index (Phi) is 8.36. The highest BCUT2D eigenvalue weighted by Gasteiger charge is 2.46. The molecule has 0 spiro atoms. The van der Waals surface area contributed by atoms with Crippen molar-refractivity contribution in [3.8, 4) is 0 Å². The third-order valence-electron chi connectivity index (χ3n) is 9.49. The minimum Gasteiger partial charge on any atom is -0.344 e. The zero-order valence-electron chi connectivity index (χ0n) is 22.8. The number of nitrogens with one attached hydrogen (secondary N) is 2. The molecule has 2 N–H and O–H groups in total. The van der Waals surface area contributed by atoms with E-state index in [1.165, 1.54) is 0 Å². The van der Waals surface area contributed by atoms with Gasteiger partial charge in [-0.05, 0) is 55.7 Å². The van der Waals surface area contributed by atoms with Crippen LogP contribution in [0.4, 0.5) is 4.39 Å². The third-order valence-corrected chi connectivity index (χ3v) is 9.49. The fourth-order valence-electron chi connectivity index (χ4n) is 6.96. The number of halogens is 1. The van der Waals surface area contributed by atoms with Crippen molar-refractivity contribution in [1.82, 2.24) is 20.4 Å². The zero-order valence-corrected chi connectivity index (χ0v) is 22.8. The summed E-state index contributed by atoms with van der Waals surface area (Å²) in [5, 5.41) is 6.10. The fourth-order valence-corrected chi connectivity index (χ4v) is 6.96. The molecular weight excluding hydrogens is 483 g/mol. The van der Waals surface area contributed by atoms with Gasteiger partial charge >= 0.3 is 0 Å². The van der Waals surface area contributed by atoms with Crippen LogP contribution in [0.2, 0.25) is 0 Å². The number of nitrogens with zero attached hydrogens (tertiary/aromatic N) is 2. The van der Waals surface area contributed by atoms with E-state index >= 15 is 4.39 Å². The monoisotopic (exact) mass is 526 g/mol. The van der Waals surface area contributed by atoms with E-state index in [1.54, 1.807) is 4.90 Å². The summed E-state index contributed by atoms with van der Waals surface area (Å²) in [6, 6.07) is 5.75. The molecule has 3 amide bonds. The normalized spacial score (nSPS) is 29.3. The van der Waals surface area contributed by atoms with Crippen LogP contribution in [-0.4, -0.2) is 71.5 Å². The van der Waals surface area contributed by atoms with Gasteiger partial charge in [0.05, 0.1) is 6.04 Å². The standard InChI is InChI=1S/C30H43FN4O3/c1-3-19(2)28(36)32-26(20-10-5-4-6-11-20)30(38)35-17-22-13-9-15-34(22)18-25(35)29(37)33-27-23-14-8-7-12-21(23)16-24(27)31/h7-8,12,14,19-20,22,24-27H,3-6,9-11,13,15-18H2,1-2H3,(H,32,36)(H,33,37)/t19-,22-,24+,25+,26+,27+/m1/s1. The quantitative estimate of drug-likeness (QED) is 0.570. The number of carbonyl (C=O) groups is 3. The Morgan fingerprint density at radius 3 is 2.58 bits per heavy atom. The highest BCUT2D eigenvalue weighted by Crippen LogP contribution is 2.35. The van der Waals surface area contributed by atoms with E-state index in [0.717, 1.165) is 62.6 Å². The number of rotatable bonds is 7. The highest BCUT2D eigenvalue weighted by atomic mass is 19.1. The van der Waals surface area contributed by atoms with E-state index in [4.69, 9.17) is 0 Å². The molecule has 4 aliphatic rings. The van der Waals surface area contributed by atoms with Crippen LogP contribution in [0, 0.1) is 11.8 Å². The molecule has 1 saturated carbocycles. The maximum Gasteiger partial charge on any atom is 0.246 e. The van der Waals surface area contributed by atoms with Gasteiger partial charge in [0.25, 0.3) is 0 Å². The summed E-state index contributed by atoms with van der Waals surface area (Å²) in [4.78, 5) is 45.1. The van der Waals surface area contributed by atoms with Crippen molar-refractivity contribution in [2.75, 3.05) is 19.6 Å². The van der Waals surface area contributed by atoms with Crippen molar-refractivity contribution < 1.29 is 18.8 Å². The van der Waals surface area contributed by atoms with Gasteiger partial charge in [0.2, 0.25) is 17.7 Å². The van der Waals surface area contributed by atoms with Gasteiger partial charge in [-0.15, -0.1) is 0 Å². The Hall–Kier alpha value is -2.48. The van der Waals surface area contributed by atoms with Crippen LogP contribution < -0.4 is 10.6 Å². The summed E-state index contributed by atoms with van der Waals surface area (Å²) in [7, 11) is 0. The van der Waals surface area contributed by atoms with Crippen molar-refractivity contribution in [2.24, 2.45) is 11.8 Å². The van der Waals surface area contributed by atoms with Crippen LogP contribution in [0.25, 0.3) is 0 Å². The molecule has 7 nitrogen and oxygen atoms in total. The summed E-state index contributed by atoms with van der Waals surface area (Å²) >= 11 is 0. The van der Waals surface area contributed by atoms with Crippen LogP contribution >= 0.6 is 0 Å². The number of fused-ring (bicyclic) bond motifs is 2. The maximum atomic E-state index is 15.0. The number of piperazine rings is 1. The Labute approximate surface area is 225 Å². The van der Waals surface area contributed by atoms with E-state index in [1.807, 2.05) is 38.1 Å². The van der Waals surface area contributed by atoms with E-state index in [9.17, 15) is 14.4 Å². The van der Waals surface area contributed by atoms with Gasteiger partial charge in [-0.2, -0.15) is 0 Å². The van der Waals surface area contributed by atoms with E-state index in [-0.39, 0.29) is 42.0 Å². The van der Waals surface area contributed by atoms with Crippen molar-refractivity contribution in [2.45, 2.75) is 102 Å². The second-order valence-corrected chi connectivity index (χ2v) is 11.9. The Morgan fingerprint density at radius 1 is 1.05 bits per heavy atom. The van der Waals surface area contributed by atoms with E-state index in [2.05, 4.69) is 15.5 Å². The molecule has 2 heterocycles. The Balaban J connectivity index is 1.39. The molecule has 2 aliphatic carbocycles. The summed E-state index contributed by atoms with van der Waals surface area (Å²) in [5.74, 6) is -0.651. The number of carbonyl (C=O) groups excluding carboxylic acids is 3. The van der Waals surface area contributed by atoms with Crippen LogP contribution in [0.5, 0.6) is 0 Å². The first kappa shape index (κ1) is 27.1. The molecule has 0 aromatic heterocycles. The second-order valence-electron chi connectivity index (χ2n) is 11.9. The third kappa shape index (κ3) is 5.47. The fraction of sp³-hybridized carbons (Fsp3) is 0.700. The summed E-state index contributed by atoms with van der Waals surface area (Å²) in [6.07, 6.45) is 6.89. The maximum absolute atomic E-state index is 15.0. The van der Waals surface area contributed by atoms with Gasteiger partial charge in [-0.3, -0.25) is 19.3 Å². The molecule has 1 aromatic carbocycles. The van der Waals surface area contributed by atoms with Gasteiger partial charge < -0.3 is 15.5 Å². The molecule has 38 heavy (non-hydrogen) atoms. The lowest BCUT2D eigenvalue weighted by atomic mass is 9.82. The molecule has 5 rings (SSSR count). The second kappa shape index (κ2) is 11.7. The van der Waals surface area contributed by atoms with Gasteiger partial charge in [0, 0.05) is 31.5 Å². The van der Waals surface area contributed by atoms with Crippen molar-refractivity contribution in [3.05, 3.63) is 35.4 Å². The summed E-state index contributed by atoms with van der Waals surface area (Å²) in [5.41, 5.74) is 1.74. The predicted molar refractivity (Wildman–Crippen MR) is 144 cm³/mol. The Bertz CT molecular complexity index is 1030. The van der Waals surface area contributed by atoms with Crippen LogP contribution in [-0.2, 0) is 20.8 Å². The topological polar surface area (TPSA) is 81.8 Å². The molecule has 2 aliphatic heterocycles. The van der Waals surface area contributed by atoms with Crippen LogP contribution in [0.15, 0.2) is 24.3 Å². The minimum atomic E-state index is -1.19. The molecule has 0 radical (unpaired) electrons. The van der Waals surface area contributed by atoms with Crippen molar-refractivity contribution >= 4 is 17.7 Å². The van der Waals surface area contributed by atoms with Crippen LogP contribution in [0.3, 0.4) is 0 Å². The van der Waals surface area contributed by atoms with Gasteiger partial charge in [0.15, 0.2) is 0 Å². The number of hydrogen-bond acceptors (Lipinski definition) is 4. The SMILES string of the molecule is CC[C@@H](C)C(=O)N[C@H](C(=O)N1C[C@H]2CCCN2C[C@H]1C(=O)N[C@H]1c2ccccc2C[C@@H]1F)C1CCCCC1. The summed E-state index contributed by atoms with van der Waals surface area (Å²) < 4.78 is 15.0. The lowest BCUT2D eigenvalue weighted by molar-refractivity contribution is -0.150. The van der Waals surface area contributed by atoms with Crippen LogP contribution in [0.1, 0.15) is 82.4 Å². The highest BCUT2D eigenvalue weighted by molar-refractivity contribution is 5.93. The number of amides is 3. The molecule has 1 aromatic rings. The number of benzene rings is 1. The largest absolute Gasteiger partial charge is 0.344 e. The molecule has 0 bridgehead atoms. The molecule has 8 heteroatoms. The van der Waals surface area contributed by atoms with E-state index in [0.29, 0.717) is 19.5 Å². The van der Waals surface area contributed by atoms with Crippen molar-refractivity contribution in [1.29, 1.82) is 0 Å². The zero-order chi connectivity index (χ0) is 26.8. The lowest BCUT2D eigenvalue weighted by Crippen LogP contribution is -2.66. The van der Waals surface area contributed by atoms with Gasteiger partial charge in [-0.1, -0.05) is 57.4 Å². The summed E-state index contributed by atoms with van der Waals surface area (Å²) in [6.45, 7) is 5.69.